The highest BCUT2D eigenvalue weighted by Gasteiger charge is 2.26. The molecule has 144 valence electrons. The normalized spacial score (nSPS) is 20.0. The number of hydrogen-bond donors (Lipinski definition) is 1. The number of likely N-dealkylation sites (tertiary alicyclic amines) is 1. The zero-order valence-electron chi connectivity index (χ0n) is 15.8. The zero-order valence-corrected chi connectivity index (χ0v) is 15.8. The van der Waals surface area contributed by atoms with Crippen LogP contribution in [0.25, 0.3) is 0 Å². The summed E-state index contributed by atoms with van der Waals surface area (Å²) in [6, 6.07) is 8.61. The summed E-state index contributed by atoms with van der Waals surface area (Å²) in [5.74, 6) is 0.997. The molecule has 1 N–H and O–H groups in total. The van der Waals surface area contributed by atoms with Crippen LogP contribution in [0.2, 0.25) is 0 Å². The molecule has 2 saturated heterocycles. The largest absolute Gasteiger partial charge is 0.496 e. The van der Waals surface area contributed by atoms with Crippen LogP contribution in [0.15, 0.2) is 24.3 Å². The average Bonchev–Trinajstić information content (AvgIpc) is 2.69. The predicted octanol–water partition coefficient (Wildman–Crippen LogP) is 1.15. The van der Waals surface area contributed by atoms with Gasteiger partial charge in [-0.15, -0.1) is 0 Å². The molecule has 0 spiro atoms. The van der Waals surface area contributed by atoms with Crippen LogP contribution in [0.5, 0.6) is 5.75 Å². The van der Waals surface area contributed by atoms with Gasteiger partial charge in [-0.3, -0.25) is 14.6 Å². The average molecular weight is 361 g/mol. The summed E-state index contributed by atoms with van der Waals surface area (Å²) in [6.07, 6.45) is 3.08. The van der Waals surface area contributed by atoms with Gasteiger partial charge in [0.2, 0.25) is 5.91 Å². The molecule has 0 unspecified atom stereocenters. The first-order chi connectivity index (χ1) is 12.8. The number of rotatable bonds is 7. The summed E-state index contributed by atoms with van der Waals surface area (Å²) in [4.78, 5) is 17.1. The molecule has 6 nitrogen and oxygen atoms in total. The molecule has 0 atom stereocenters. The van der Waals surface area contributed by atoms with Gasteiger partial charge in [-0.1, -0.05) is 18.2 Å². The summed E-state index contributed by atoms with van der Waals surface area (Å²) in [6.45, 7) is 6.96. The number of piperidine rings is 1. The molecule has 3 rings (SSSR count). The van der Waals surface area contributed by atoms with Gasteiger partial charge >= 0.3 is 0 Å². The zero-order chi connectivity index (χ0) is 18.2. The number of nitrogens with one attached hydrogen (secondary N) is 1. The Bertz CT molecular complexity index is 567. The van der Waals surface area contributed by atoms with Gasteiger partial charge in [0.15, 0.2) is 0 Å². The van der Waals surface area contributed by atoms with E-state index in [1.165, 1.54) is 0 Å². The molecule has 0 radical (unpaired) electrons. The number of amides is 1. The van der Waals surface area contributed by atoms with E-state index in [0.29, 0.717) is 19.1 Å². The molecule has 2 aliphatic rings. The van der Waals surface area contributed by atoms with Crippen LogP contribution in [-0.4, -0.2) is 81.3 Å². The molecular weight excluding hydrogens is 330 g/mol. The van der Waals surface area contributed by atoms with Gasteiger partial charge in [0.1, 0.15) is 5.75 Å². The molecule has 0 saturated carbocycles. The van der Waals surface area contributed by atoms with Crippen molar-refractivity contribution in [2.75, 3.05) is 59.6 Å². The maximum atomic E-state index is 12.2. The van der Waals surface area contributed by atoms with Crippen molar-refractivity contribution < 1.29 is 14.3 Å². The molecule has 26 heavy (non-hydrogen) atoms. The standard InChI is InChI=1S/C20H31N3O3/c1-25-19-5-3-2-4-17(19)6-9-21-20(24)16-22-10-7-18(8-11-22)23-12-14-26-15-13-23/h2-5,18H,6-16H2,1H3,(H,21,24). The number of ether oxygens (including phenoxy) is 2. The first-order valence-corrected chi connectivity index (χ1v) is 9.69. The minimum absolute atomic E-state index is 0.115. The van der Waals surface area contributed by atoms with Crippen molar-refractivity contribution in [1.29, 1.82) is 0 Å². The summed E-state index contributed by atoms with van der Waals surface area (Å²) >= 11 is 0. The quantitative estimate of drug-likeness (QED) is 0.790. The summed E-state index contributed by atoms with van der Waals surface area (Å²) in [5, 5.41) is 3.04. The molecule has 6 heteroatoms. The molecule has 1 aromatic rings. The summed E-state index contributed by atoms with van der Waals surface area (Å²) in [5.41, 5.74) is 1.13. The second-order valence-corrected chi connectivity index (χ2v) is 7.07. The third-order valence-electron chi connectivity index (χ3n) is 5.40. The molecule has 0 aliphatic carbocycles. The SMILES string of the molecule is COc1ccccc1CCNC(=O)CN1CCC(N2CCOCC2)CC1. The molecule has 1 amide bonds. The van der Waals surface area contributed by atoms with Gasteiger partial charge in [0, 0.05) is 38.8 Å². The second-order valence-electron chi connectivity index (χ2n) is 7.07. The highest BCUT2D eigenvalue weighted by Crippen LogP contribution is 2.18. The van der Waals surface area contributed by atoms with E-state index in [9.17, 15) is 4.79 Å². The Morgan fingerprint density at radius 2 is 1.92 bits per heavy atom. The fraction of sp³-hybridized carbons (Fsp3) is 0.650. The van der Waals surface area contributed by atoms with Gasteiger partial charge < -0.3 is 14.8 Å². The predicted molar refractivity (Wildman–Crippen MR) is 102 cm³/mol. The number of nitrogens with zero attached hydrogens (tertiary/aromatic N) is 2. The van der Waals surface area contributed by atoms with E-state index in [1.54, 1.807) is 7.11 Å². The number of para-hydroxylation sites is 1. The number of morpholine rings is 1. The highest BCUT2D eigenvalue weighted by molar-refractivity contribution is 5.78. The maximum Gasteiger partial charge on any atom is 0.234 e. The Kier molecular flexibility index (Phi) is 7.29. The van der Waals surface area contributed by atoms with E-state index in [0.717, 1.165) is 70.0 Å². The van der Waals surface area contributed by atoms with Crippen LogP contribution in [0.1, 0.15) is 18.4 Å². The van der Waals surface area contributed by atoms with Crippen molar-refractivity contribution in [3.63, 3.8) is 0 Å². The van der Waals surface area contributed by atoms with E-state index >= 15 is 0 Å². The van der Waals surface area contributed by atoms with E-state index < -0.39 is 0 Å². The third-order valence-corrected chi connectivity index (χ3v) is 5.40. The van der Waals surface area contributed by atoms with Crippen LogP contribution in [0, 0.1) is 0 Å². The van der Waals surface area contributed by atoms with E-state index in [1.807, 2.05) is 24.3 Å². The van der Waals surface area contributed by atoms with Crippen LogP contribution < -0.4 is 10.1 Å². The number of hydrogen-bond acceptors (Lipinski definition) is 5. The Balaban J connectivity index is 1.34. The minimum atomic E-state index is 0.115. The summed E-state index contributed by atoms with van der Waals surface area (Å²) < 4.78 is 10.8. The topological polar surface area (TPSA) is 54.0 Å². The van der Waals surface area contributed by atoms with Crippen molar-refractivity contribution in [3.8, 4) is 5.75 Å². The van der Waals surface area contributed by atoms with E-state index in [4.69, 9.17) is 9.47 Å². The lowest BCUT2D eigenvalue weighted by Gasteiger charge is -2.39. The molecular formula is C20H31N3O3. The Morgan fingerprint density at radius 1 is 1.19 bits per heavy atom. The lowest BCUT2D eigenvalue weighted by Crippen LogP contribution is -2.50. The number of carbonyl (C=O) groups excluding carboxylic acids is 1. The van der Waals surface area contributed by atoms with Gasteiger partial charge in [-0.2, -0.15) is 0 Å². The number of carbonyl (C=O) groups is 1. The number of benzene rings is 1. The fourth-order valence-corrected chi connectivity index (χ4v) is 3.89. The van der Waals surface area contributed by atoms with Crippen molar-refractivity contribution >= 4 is 5.91 Å². The van der Waals surface area contributed by atoms with Crippen LogP contribution in [0.3, 0.4) is 0 Å². The van der Waals surface area contributed by atoms with E-state index in [2.05, 4.69) is 15.1 Å². The fourth-order valence-electron chi connectivity index (χ4n) is 3.89. The molecule has 2 fully saturated rings. The van der Waals surface area contributed by atoms with Gasteiger partial charge in [0.25, 0.3) is 0 Å². The molecule has 2 aliphatic heterocycles. The highest BCUT2D eigenvalue weighted by atomic mass is 16.5. The lowest BCUT2D eigenvalue weighted by atomic mass is 10.0. The monoisotopic (exact) mass is 361 g/mol. The van der Waals surface area contributed by atoms with Gasteiger partial charge in [-0.05, 0) is 30.9 Å². The van der Waals surface area contributed by atoms with Crippen molar-refractivity contribution in [1.82, 2.24) is 15.1 Å². The van der Waals surface area contributed by atoms with E-state index in [-0.39, 0.29) is 5.91 Å². The van der Waals surface area contributed by atoms with Crippen LogP contribution in [-0.2, 0) is 16.0 Å². The smallest absolute Gasteiger partial charge is 0.234 e. The van der Waals surface area contributed by atoms with Crippen molar-refractivity contribution in [3.05, 3.63) is 29.8 Å². The molecule has 1 aromatic carbocycles. The number of methoxy groups -OCH3 is 1. The summed E-state index contributed by atoms with van der Waals surface area (Å²) in [7, 11) is 1.68. The van der Waals surface area contributed by atoms with Gasteiger partial charge in [-0.25, -0.2) is 0 Å². The van der Waals surface area contributed by atoms with Crippen LogP contribution in [0.4, 0.5) is 0 Å². The Hall–Kier alpha value is -1.63. The second kappa shape index (κ2) is 9.90. The molecule has 0 bridgehead atoms. The third kappa shape index (κ3) is 5.43. The molecule has 2 heterocycles. The Morgan fingerprint density at radius 3 is 2.65 bits per heavy atom. The molecule has 0 aromatic heterocycles. The maximum absolute atomic E-state index is 12.2. The first-order valence-electron chi connectivity index (χ1n) is 9.69. The van der Waals surface area contributed by atoms with Gasteiger partial charge in [0.05, 0.1) is 26.9 Å². The Labute approximate surface area is 156 Å². The van der Waals surface area contributed by atoms with Crippen molar-refractivity contribution in [2.24, 2.45) is 0 Å². The van der Waals surface area contributed by atoms with Crippen molar-refractivity contribution in [2.45, 2.75) is 25.3 Å². The first kappa shape index (κ1) is 19.1. The lowest BCUT2D eigenvalue weighted by molar-refractivity contribution is -0.122. The van der Waals surface area contributed by atoms with Crippen LogP contribution >= 0.6 is 0 Å². The minimum Gasteiger partial charge on any atom is -0.496 e.